The van der Waals surface area contributed by atoms with Gasteiger partial charge in [-0.2, -0.15) is 0 Å². The second-order valence-corrected chi connectivity index (χ2v) is 4.09. The van der Waals surface area contributed by atoms with Gasteiger partial charge in [-0.05, 0) is 19.9 Å². The van der Waals surface area contributed by atoms with E-state index in [2.05, 4.69) is 15.3 Å². The molecule has 1 aromatic heterocycles. The highest BCUT2D eigenvalue weighted by atomic mass is 16.4. The summed E-state index contributed by atoms with van der Waals surface area (Å²) in [5.41, 5.74) is 0.699. The smallest absolute Gasteiger partial charge is 0.317 e. The van der Waals surface area contributed by atoms with E-state index < -0.39 is 5.97 Å². The minimum absolute atomic E-state index is 0.0746. The molecule has 0 fully saturated rings. The Bertz CT molecular complexity index is 424. The maximum Gasteiger partial charge on any atom is 0.317 e. The topological polar surface area (TPSA) is 95.4 Å². The van der Waals surface area contributed by atoms with Gasteiger partial charge in [0.2, 0.25) is 0 Å². The summed E-state index contributed by atoms with van der Waals surface area (Å²) in [5, 5.41) is 11.5. The fraction of sp³-hybridized carbons (Fsp3) is 0.500. The number of carbonyl (C=O) groups excluding carboxylic acids is 1. The Morgan fingerprint density at radius 1 is 1.53 bits per heavy atom. The Morgan fingerprint density at radius 2 is 2.26 bits per heavy atom. The van der Waals surface area contributed by atoms with Crippen molar-refractivity contribution < 1.29 is 14.7 Å². The van der Waals surface area contributed by atoms with E-state index in [9.17, 15) is 9.59 Å². The highest BCUT2D eigenvalue weighted by molar-refractivity contribution is 5.75. The van der Waals surface area contributed by atoms with E-state index >= 15 is 0 Å². The van der Waals surface area contributed by atoms with Crippen LogP contribution < -0.4 is 5.32 Å². The number of amides is 2. The predicted octanol–water partition coefficient (Wildman–Crippen LogP) is 0.871. The second kappa shape index (κ2) is 7.30. The van der Waals surface area contributed by atoms with Crippen LogP contribution in [-0.4, -0.2) is 44.6 Å². The fourth-order valence-corrected chi connectivity index (χ4v) is 1.71. The van der Waals surface area contributed by atoms with Crippen LogP contribution in [0.4, 0.5) is 4.79 Å². The zero-order valence-corrected chi connectivity index (χ0v) is 11.0. The molecule has 1 rings (SSSR count). The number of nitrogens with zero attached hydrogens (tertiary/aromatic N) is 3. The van der Waals surface area contributed by atoms with Crippen molar-refractivity contribution in [2.45, 2.75) is 32.9 Å². The van der Waals surface area contributed by atoms with Crippen LogP contribution in [0.5, 0.6) is 0 Å². The van der Waals surface area contributed by atoms with Crippen molar-refractivity contribution in [3.8, 4) is 0 Å². The van der Waals surface area contributed by atoms with Gasteiger partial charge in [0.1, 0.15) is 6.33 Å². The molecular weight excluding hydrogens is 248 g/mol. The highest BCUT2D eigenvalue weighted by Gasteiger charge is 2.20. The summed E-state index contributed by atoms with van der Waals surface area (Å²) in [4.78, 5) is 31.9. The van der Waals surface area contributed by atoms with Crippen LogP contribution in [0.25, 0.3) is 0 Å². The lowest BCUT2D eigenvalue weighted by atomic mass is 10.2. The number of aromatic nitrogens is 2. The van der Waals surface area contributed by atoms with E-state index in [4.69, 9.17) is 5.11 Å². The third kappa shape index (κ3) is 4.90. The standard InChI is InChI=1S/C12H18N4O3/c1-3-16(9(2)6-11(17)18)12(19)14-7-10-4-5-13-8-15-10/h4-5,8-9H,3,6-7H2,1-2H3,(H,14,19)(H,17,18). The van der Waals surface area contributed by atoms with Gasteiger partial charge in [0.25, 0.3) is 0 Å². The van der Waals surface area contributed by atoms with Crippen LogP contribution in [0, 0.1) is 0 Å². The molecule has 0 aliphatic heterocycles. The summed E-state index contributed by atoms with van der Waals surface area (Å²) >= 11 is 0. The minimum atomic E-state index is -0.922. The molecule has 0 aliphatic carbocycles. The van der Waals surface area contributed by atoms with Gasteiger partial charge < -0.3 is 15.3 Å². The van der Waals surface area contributed by atoms with Gasteiger partial charge in [-0.3, -0.25) is 4.79 Å². The average molecular weight is 266 g/mol. The summed E-state index contributed by atoms with van der Waals surface area (Å²) in [6.07, 6.45) is 2.93. The Balaban J connectivity index is 2.52. The molecule has 2 N–H and O–H groups in total. The molecule has 1 atom stereocenters. The number of carboxylic acids is 1. The number of urea groups is 1. The van der Waals surface area contributed by atoms with Crippen LogP contribution in [-0.2, 0) is 11.3 Å². The van der Waals surface area contributed by atoms with Gasteiger partial charge in [-0.15, -0.1) is 0 Å². The molecule has 0 aromatic carbocycles. The molecular formula is C12H18N4O3. The van der Waals surface area contributed by atoms with Crippen molar-refractivity contribution in [2.75, 3.05) is 6.54 Å². The van der Waals surface area contributed by atoms with Gasteiger partial charge in [0.15, 0.2) is 0 Å². The van der Waals surface area contributed by atoms with Gasteiger partial charge in [0, 0.05) is 18.8 Å². The molecule has 2 amide bonds. The summed E-state index contributed by atoms with van der Waals surface area (Å²) in [6, 6.07) is 1.06. The zero-order valence-electron chi connectivity index (χ0n) is 11.0. The van der Waals surface area contributed by atoms with Crippen LogP contribution >= 0.6 is 0 Å². The molecule has 1 unspecified atom stereocenters. The number of rotatable bonds is 6. The molecule has 0 aliphatic rings. The summed E-state index contributed by atoms with van der Waals surface area (Å²) in [6.45, 7) is 4.26. The van der Waals surface area contributed by atoms with Crippen molar-refractivity contribution in [2.24, 2.45) is 0 Å². The first kappa shape index (κ1) is 14.9. The van der Waals surface area contributed by atoms with E-state index in [0.717, 1.165) is 0 Å². The van der Waals surface area contributed by atoms with Crippen LogP contribution in [0.2, 0.25) is 0 Å². The monoisotopic (exact) mass is 266 g/mol. The average Bonchev–Trinajstić information content (AvgIpc) is 2.37. The second-order valence-electron chi connectivity index (χ2n) is 4.09. The molecule has 0 saturated carbocycles. The molecule has 0 bridgehead atoms. The number of aliphatic carboxylic acids is 1. The van der Waals surface area contributed by atoms with Crippen LogP contribution in [0.1, 0.15) is 26.0 Å². The first-order valence-electron chi connectivity index (χ1n) is 6.05. The molecule has 1 aromatic rings. The van der Waals surface area contributed by atoms with E-state index in [-0.39, 0.29) is 25.0 Å². The van der Waals surface area contributed by atoms with Gasteiger partial charge in [0.05, 0.1) is 18.7 Å². The number of hydrogen-bond donors (Lipinski definition) is 2. The minimum Gasteiger partial charge on any atom is -0.481 e. The van der Waals surface area contributed by atoms with Crippen molar-refractivity contribution in [1.29, 1.82) is 0 Å². The van der Waals surface area contributed by atoms with Crippen molar-refractivity contribution in [3.63, 3.8) is 0 Å². The lowest BCUT2D eigenvalue weighted by molar-refractivity contribution is -0.138. The number of hydrogen-bond acceptors (Lipinski definition) is 4. The van der Waals surface area contributed by atoms with E-state index in [1.165, 1.54) is 11.2 Å². The Labute approximate surface area is 111 Å². The Kier molecular flexibility index (Phi) is 5.72. The fourth-order valence-electron chi connectivity index (χ4n) is 1.71. The van der Waals surface area contributed by atoms with E-state index in [1.807, 2.05) is 6.92 Å². The van der Waals surface area contributed by atoms with E-state index in [0.29, 0.717) is 12.2 Å². The molecule has 0 saturated heterocycles. The Hall–Kier alpha value is -2.18. The van der Waals surface area contributed by atoms with Crippen LogP contribution in [0.3, 0.4) is 0 Å². The highest BCUT2D eigenvalue weighted by Crippen LogP contribution is 2.04. The number of carboxylic acid groups (broad SMARTS) is 1. The lowest BCUT2D eigenvalue weighted by Gasteiger charge is -2.27. The zero-order chi connectivity index (χ0) is 14.3. The van der Waals surface area contributed by atoms with Gasteiger partial charge in [-0.1, -0.05) is 0 Å². The molecule has 104 valence electrons. The predicted molar refractivity (Wildman–Crippen MR) is 68.4 cm³/mol. The molecule has 1 heterocycles. The number of nitrogens with one attached hydrogen (secondary N) is 1. The summed E-state index contributed by atoms with van der Waals surface area (Å²) in [5.74, 6) is -0.922. The molecule has 7 nitrogen and oxygen atoms in total. The third-order valence-electron chi connectivity index (χ3n) is 2.67. The van der Waals surface area contributed by atoms with Crippen molar-refractivity contribution >= 4 is 12.0 Å². The maximum atomic E-state index is 11.9. The Morgan fingerprint density at radius 3 is 2.79 bits per heavy atom. The van der Waals surface area contributed by atoms with Gasteiger partial charge >= 0.3 is 12.0 Å². The summed E-state index contributed by atoms with van der Waals surface area (Å²) in [7, 11) is 0. The lowest BCUT2D eigenvalue weighted by Crippen LogP contribution is -2.45. The maximum absolute atomic E-state index is 11.9. The quantitative estimate of drug-likeness (QED) is 0.796. The first-order valence-corrected chi connectivity index (χ1v) is 6.05. The van der Waals surface area contributed by atoms with Gasteiger partial charge in [-0.25, -0.2) is 14.8 Å². The third-order valence-corrected chi connectivity index (χ3v) is 2.67. The van der Waals surface area contributed by atoms with E-state index in [1.54, 1.807) is 19.2 Å². The normalized spacial score (nSPS) is 11.7. The SMILES string of the molecule is CCN(C(=O)NCc1ccncn1)C(C)CC(=O)O. The van der Waals surface area contributed by atoms with Crippen molar-refractivity contribution in [3.05, 3.63) is 24.3 Å². The van der Waals surface area contributed by atoms with Crippen LogP contribution in [0.15, 0.2) is 18.6 Å². The largest absolute Gasteiger partial charge is 0.481 e. The summed E-state index contributed by atoms with van der Waals surface area (Å²) < 4.78 is 0. The molecule has 0 radical (unpaired) electrons. The molecule has 19 heavy (non-hydrogen) atoms. The van der Waals surface area contributed by atoms with Crippen molar-refractivity contribution in [1.82, 2.24) is 20.2 Å². The molecule has 0 spiro atoms. The number of carbonyl (C=O) groups is 2. The molecule has 7 heteroatoms. The first-order chi connectivity index (χ1) is 9.04.